The topological polar surface area (TPSA) is 51.2 Å². The first-order valence-corrected chi connectivity index (χ1v) is 7.53. The molecule has 1 aromatic rings. The molecule has 1 aromatic carbocycles. The Kier molecular flexibility index (Phi) is 3.27. The molecule has 17 heavy (non-hydrogen) atoms. The molecular formula is C12H13ClO3S. The van der Waals surface area contributed by atoms with Gasteiger partial charge in [0.05, 0.1) is 5.25 Å². The van der Waals surface area contributed by atoms with Crippen LogP contribution in [0.3, 0.4) is 0 Å². The molecule has 0 aromatic heterocycles. The Morgan fingerprint density at radius 1 is 1.29 bits per heavy atom. The van der Waals surface area contributed by atoms with Crippen molar-refractivity contribution in [2.24, 2.45) is 5.92 Å². The number of benzene rings is 1. The van der Waals surface area contributed by atoms with Gasteiger partial charge in [-0.3, -0.25) is 0 Å². The lowest BCUT2D eigenvalue weighted by atomic mass is 10.1. The van der Waals surface area contributed by atoms with Crippen molar-refractivity contribution in [2.75, 3.05) is 5.75 Å². The Hall–Kier alpha value is -0.870. The molecule has 3 atom stereocenters. The normalized spacial score (nSPS) is 27.8. The lowest BCUT2D eigenvalue weighted by Crippen LogP contribution is -2.12. The number of rotatable bonds is 4. The summed E-state index contributed by atoms with van der Waals surface area (Å²) in [6, 6.07) is 7.00. The van der Waals surface area contributed by atoms with Gasteiger partial charge in [-0.05, 0) is 17.7 Å². The van der Waals surface area contributed by atoms with Gasteiger partial charge >= 0.3 is 0 Å². The summed E-state index contributed by atoms with van der Waals surface area (Å²) < 4.78 is 23.6. The third kappa shape index (κ3) is 2.24. The van der Waals surface area contributed by atoms with Crippen LogP contribution in [0.1, 0.15) is 18.4 Å². The van der Waals surface area contributed by atoms with Crippen LogP contribution in [-0.4, -0.2) is 25.7 Å². The van der Waals surface area contributed by atoms with Crippen molar-refractivity contribution in [3.63, 3.8) is 0 Å². The van der Waals surface area contributed by atoms with E-state index >= 15 is 0 Å². The molecule has 0 aliphatic heterocycles. The van der Waals surface area contributed by atoms with E-state index in [-0.39, 0.29) is 11.7 Å². The van der Waals surface area contributed by atoms with Gasteiger partial charge in [0.25, 0.3) is 0 Å². The first-order chi connectivity index (χ1) is 8.01. The average molecular weight is 273 g/mol. The van der Waals surface area contributed by atoms with E-state index in [1.54, 1.807) is 31.2 Å². The molecule has 5 heteroatoms. The largest absolute Gasteiger partial charge is 0.303 e. The van der Waals surface area contributed by atoms with Crippen molar-refractivity contribution < 1.29 is 13.2 Å². The molecule has 2 rings (SSSR count). The zero-order valence-corrected chi connectivity index (χ0v) is 10.9. The Balaban J connectivity index is 2.29. The average Bonchev–Trinajstić information content (AvgIpc) is 3.05. The molecule has 0 N–H and O–H groups in total. The van der Waals surface area contributed by atoms with Crippen molar-refractivity contribution in [1.29, 1.82) is 0 Å². The molecule has 0 bridgehead atoms. The van der Waals surface area contributed by atoms with Gasteiger partial charge in [-0.1, -0.05) is 30.7 Å². The quantitative estimate of drug-likeness (QED) is 0.789. The minimum atomic E-state index is -3.16. The minimum Gasteiger partial charge on any atom is -0.303 e. The van der Waals surface area contributed by atoms with Crippen LogP contribution in [0.15, 0.2) is 24.3 Å². The van der Waals surface area contributed by atoms with Crippen LogP contribution in [0.5, 0.6) is 0 Å². The van der Waals surface area contributed by atoms with Crippen molar-refractivity contribution in [1.82, 2.24) is 0 Å². The molecule has 1 saturated carbocycles. The smallest absolute Gasteiger partial charge is 0.154 e. The van der Waals surface area contributed by atoms with Crippen LogP contribution in [0.4, 0.5) is 0 Å². The van der Waals surface area contributed by atoms with E-state index in [4.69, 9.17) is 11.6 Å². The fourth-order valence-electron chi connectivity index (χ4n) is 2.22. The number of hydrogen-bond donors (Lipinski definition) is 0. The van der Waals surface area contributed by atoms with Crippen LogP contribution < -0.4 is 0 Å². The Morgan fingerprint density at radius 2 is 1.88 bits per heavy atom. The molecule has 1 fully saturated rings. The maximum atomic E-state index is 11.8. The van der Waals surface area contributed by atoms with Gasteiger partial charge in [0.1, 0.15) is 6.29 Å². The number of aldehydes is 1. The molecule has 1 aliphatic carbocycles. The van der Waals surface area contributed by atoms with Crippen molar-refractivity contribution in [3.05, 3.63) is 34.9 Å². The van der Waals surface area contributed by atoms with Crippen LogP contribution in [0.2, 0.25) is 5.02 Å². The second-order valence-corrected chi connectivity index (χ2v) is 7.09. The highest BCUT2D eigenvalue weighted by molar-refractivity contribution is 7.92. The van der Waals surface area contributed by atoms with E-state index in [0.29, 0.717) is 5.02 Å². The molecular weight excluding hydrogens is 260 g/mol. The Bertz CT molecular complexity index is 521. The van der Waals surface area contributed by atoms with E-state index in [9.17, 15) is 13.2 Å². The molecule has 1 aliphatic rings. The predicted molar refractivity (Wildman–Crippen MR) is 67.0 cm³/mol. The minimum absolute atomic E-state index is 0.0755. The lowest BCUT2D eigenvalue weighted by Gasteiger charge is -2.00. The molecule has 0 saturated heterocycles. The lowest BCUT2D eigenvalue weighted by molar-refractivity contribution is -0.108. The molecule has 0 heterocycles. The molecule has 92 valence electrons. The van der Waals surface area contributed by atoms with Gasteiger partial charge in [0, 0.05) is 22.6 Å². The fourth-order valence-corrected chi connectivity index (χ4v) is 4.14. The highest BCUT2D eigenvalue weighted by Gasteiger charge is 2.57. The van der Waals surface area contributed by atoms with Gasteiger partial charge in [0.2, 0.25) is 0 Å². The summed E-state index contributed by atoms with van der Waals surface area (Å²) in [4.78, 5) is 10.9. The predicted octanol–water partition coefficient (Wildman–Crippen LogP) is 2.06. The van der Waals surface area contributed by atoms with E-state index in [0.717, 1.165) is 11.8 Å². The highest BCUT2D eigenvalue weighted by atomic mass is 35.5. The van der Waals surface area contributed by atoms with Gasteiger partial charge in [-0.15, -0.1) is 0 Å². The summed E-state index contributed by atoms with van der Waals surface area (Å²) in [6.45, 7) is 1.61. The molecule has 0 amide bonds. The number of sulfone groups is 1. The second-order valence-electron chi connectivity index (χ2n) is 4.21. The second kappa shape index (κ2) is 4.42. The summed E-state index contributed by atoms with van der Waals surface area (Å²) in [5.74, 6) is -0.526. The van der Waals surface area contributed by atoms with Crippen LogP contribution in [0.25, 0.3) is 0 Å². The van der Waals surface area contributed by atoms with Gasteiger partial charge in [-0.25, -0.2) is 8.42 Å². The Labute approximate surface area is 106 Å². The molecule has 3 nitrogen and oxygen atoms in total. The number of halogens is 1. The summed E-state index contributed by atoms with van der Waals surface area (Å²) in [5, 5.41) is 0.0538. The Morgan fingerprint density at radius 3 is 2.35 bits per heavy atom. The third-order valence-electron chi connectivity index (χ3n) is 3.24. The standard InChI is InChI=1S/C12H13ClO3S/c1-2-17(15,16)12-10(7-14)11(12)8-3-5-9(13)6-4-8/h3-7,10-12H,2H2,1H3/t10-,11-,12-/m1/s1. The first kappa shape index (κ1) is 12.6. The third-order valence-corrected chi connectivity index (χ3v) is 5.73. The van der Waals surface area contributed by atoms with E-state index in [1.807, 2.05) is 0 Å². The SMILES string of the molecule is CCS(=O)(=O)[C@@H]1[C@H](C=O)[C@H]1c1ccc(Cl)cc1. The van der Waals surface area contributed by atoms with E-state index in [2.05, 4.69) is 0 Å². The first-order valence-electron chi connectivity index (χ1n) is 5.43. The summed E-state index contributed by atoms with van der Waals surface area (Å²) in [5.41, 5.74) is 0.869. The number of carbonyl (C=O) groups is 1. The number of carbonyl (C=O) groups excluding carboxylic acids is 1. The van der Waals surface area contributed by atoms with Crippen molar-refractivity contribution in [2.45, 2.75) is 18.1 Å². The number of hydrogen-bond acceptors (Lipinski definition) is 3. The highest BCUT2D eigenvalue weighted by Crippen LogP contribution is 2.51. The van der Waals surface area contributed by atoms with Crippen LogP contribution in [0, 0.1) is 5.92 Å². The summed E-state index contributed by atoms with van der Waals surface area (Å²) in [6.07, 6.45) is 0.747. The zero-order valence-electron chi connectivity index (χ0n) is 9.34. The van der Waals surface area contributed by atoms with Gasteiger partial charge < -0.3 is 4.79 Å². The van der Waals surface area contributed by atoms with Crippen molar-refractivity contribution >= 4 is 27.7 Å². The van der Waals surface area contributed by atoms with Gasteiger partial charge in [0.15, 0.2) is 9.84 Å². The summed E-state index contributed by atoms with van der Waals surface area (Å²) in [7, 11) is -3.16. The maximum Gasteiger partial charge on any atom is 0.154 e. The van der Waals surface area contributed by atoms with E-state index < -0.39 is 21.0 Å². The van der Waals surface area contributed by atoms with E-state index in [1.165, 1.54) is 0 Å². The zero-order chi connectivity index (χ0) is 12.6. The molecule has 0 unspecified atom stereocenters. The monoisotopic (exact) mass is 272 g/mol. The maximum absolute atomic E-state index is 11.8. The van der Waals surface area contributed by atoms with Crippen LogP contribution >= 0.6 is 11.6 Å². The van der Waals surface area contributed by atoms with Gasteiger partial charge in [-0.2, -0.15) is 0 Å². The summed E-state index contributed by atoms with van der Waals surface area (Å²) >= 11 is 5.77. The van der Waals surface area contributed by atoms with Crippen LogP contribution in [-0.2, 0) is 14.6 Å². The molecule has 0 radical (unpaired) electrons. The fraction of sp³-hybridized carbons (Fsp3) is 0.417. The van der Waals surface area contributed by atoms with Crippen molar-refractivity contribution in [3.8, 4) is 0 Å². The molecule has 0 spiro atoms.